The maximum atomic E-state index is 11.9. The molecule has 10 heteroatoms. The Labute approximate surface area is 150 Å². The van der Waals surface area contributed by atoms with Crippen molar-refractivity contribution >= 4 is 9.84 Å². The molecule has 3 aromatic rings. The predicted octanol–water partition coefficient (Wildman–Crippen LogP) is 0.818. The van der Waals surface area contributed by atoms with Crippen LogP contribution in [0.15, 0.2) is 36.9 Å². The second kappa shape index (κ2) is 6.52. The van der Waals surface area contributed by atoms with E-state index >= 15 is 0 Å². The van der Waals surface area contributed by atoms with Crippen molar-refractivity contribution in [3.63, 3.8) is 0 Å². The third-order valence-electron chi connectivity index (χ3n) is 4.36. The number of rotatable bonds is 5. The van der Waals surface area contributed by atoms with Crippen molar-refractivity contribution < 1.29 is 13.2 Å². The molecule has 9 nitrogen and oxygen atoms in total. The van der Waals surface area contributed by atoms with Crippen LogP contribution in [0.1, 0.15) is 24.0 Å². The predicted molar refractivity (Wildman–Crippen MR) is 93.0 cm³/mol. The van der Waals surface area contributed by atoms with Gasteiger partial charge in [-0.3, -0.25) is 0 Å². The molecule has 4 rings (SSSR count). The van der Waals surface area contributed by atoms with E-state index in [0.717, 1.165) is 11.4 Å². The number of hydrogen-bond donors (Lipinski definition) is 0. The van der Waals surface area contributed by atoms with E-state index in [2.05, 4.69) is 20.2 Å². The molecule has 0 spiro atoms. The van der Waals surface area contributed by atoms with Crippen LogP contribution >= 0.6 is 0 Å². The van der Waals surface area contributed by atoms with Crippen molar-refractivity contribution in [1.82, 2.24) is 29.5 Å². The number of methoxy groups -OCH3 is 1. The molecule has 1 aliphatic heterocycles. The summed E-state index contributed by atoms with van der Waals surface area (Å²) in [6.45, 7) is 0.371. The molecule has 1 saturated heterocycles. The van der Waals surface area contributed by atoms with Crippen molar-refractivity contribution in [2.24, 2.45) is 0 Å². The molecule has 1 unspecified atom stereocenters. The minimum absolute atomic E-state index is 0.102. The van der Waals surface area contributed by atoms with E-state index in [4.69, 9.17) is 4.74 Å². The van der Waals surface area contributed by atoms with Gasteiger partial charge in [-0.15, -0.1) is 5.10 Å². The van der Waals surface area contributed by atoms with Crippen LogP contribution in [-0.4, -0.2) is 56.6 Å². The first-order valence-electron chi connectivity index (χ1n) is 8.17. The second-order valence-corrected chi connectivity index (χ2v) is 8.42. The Kier molecular flexibility index (Phi) is 4.19. The molecule has 0 N–H and O–H groups in total. The highest BCUT2D eigenvalue weighted by molar-refractivity contribution is 7.91. The zero-order chi connectivity index (χ0) is 18.1. The van der Waals surface area contributed by atoms with Gasteiger partial charge in [0.1, 0.15) is 30.8 Å². The molecule has 1 aliphatic rings. The molecule has 1 aromatic carbocycles. The Morgan fingerprint density at radius 1 is 1.27 bits per heavy atom. The van der Waals surface area contributed by atoms with Crippen LogP contribution in [-0.2, 0) is 16.4 Å². The lowest BCUT2D eigenvalue weighted by Crippen LogP contribution is -2.10. The van der Waals surface area contributed by atoms with E-state index < -0.39 is 9.84 Å². The number of benzene rings is 1. The van der Waals surface area contributed by atoms with Gasteiger partial charge in [-0.1, -0.05) is 0 Å². The summed E-state index contributed by atoms with van der Waals surface area (Å²) in [4.78, 5) is 8.54. The molecule has 3 heterocycles. The molecule has 136 valence electrons. The average Bonchev–Trinajstić information content (AvgIpc) is 3.35. The molecule has 0 bridgehead atoms. The number of nitrogens with zero attached hydrogens (tertiary/aromatic N) is 6. The first kappa shape index (κ1) is 16.7. The fraction of sp³-hybridized carbons (Fsp3) is 0.375. The maximum absolute atomic E-state index is 11.9. The van der Waals surface area contributed by atoms with Gasteiger partial charge in [0.15, 0.2) is 15.7 Å². The zero-order valence-electron chi connectivity index (χ0n) is 14.2. The monoisotopic (exact) mass is 374 g/mol. The van der Waals surface area contributed by atoms with Crippen molar-refractivity contribution in [3.05, 3.63) is 48.6 Å². The molecular weight excluding hydrogens is 356 g/mol. The van der Waals surface area contributed by atoms with Gasteiger partial charge >= 0.3 is 0 Å². The van der Waals surface area contributed by atoms with Gasteiger partial charge in [0.05, 0.1) is 24.3 Å². The fourth-order valence-corrected chi connectivity index (χ4v) is 4.81. The van der Waals surface area contributed by atoms with Crippen molar-refractivity contribution in [2.45, 2.75) is 18.9 Å². The summed E-state index contributed by atoms with van der Waals surface area (Å²) in [6, 6.07) is 7.42. The first-order valence-corrected chi connectivity index (χ1v) is 9.99. The Morgan fingerprint density at radius 2 is 2.08 bits per heavy atom. The van der Waals surface area contributed by atoms with Crippen LogP contribution < -0.4 is 4.74 Å². The third-order valence-corrected chi connectivity index (χ3v) is 6.13. The lowest BCUT2D eigenvalue weighted by atomic mass is 10.1. The number of sulfone groups is 1. The van der Waals surface area contributed by atoms with Crippen molar-refractivity contribution in [1.29, 1.82) is 0 Å². The summed E-state index contributed by atoms with van der Waals surface area (Å²) >= 11 is 0. The summed E-state index contributed by atoms with van der Waals surface area (Å²) < 4.78 is 32.4. The molecule has 0 saturated carbocycles. The highest BCUT2D eigenvalue weighted by Gasteiger charge is 2.33. The smallest absolute Gasteiger partial charge is 0.172 e. The normalized spacial score (nSPS) is 18.9. The van der Waals surface area contributed by atoms with Crippen LogP contribution in [0.4, 0.5) is 0 Å². The molecule has 26 heavy (non-hydrogen) atoms. The van der Waals surface area contributed by atoms with E-state index in [1.165, 1.54) is 6.33 Å². The molecule has 0 amide bonds. The highest BCUT2D eigenvalue weighted by Crippen LogP contribution is 2.29. The second-order valence-electron chi connectivity index (χ2n) is 6.19. The molecule has 0 aliphatic carbocycles. The summed E-state index contributed by atoms with van der Waals surface area (Å²) in [5, 5.41) is 8.65. The average molecular weight is 374 g/mol. The topological polar surface area (TPSA) is 105 Å². The van der Waals surface area contributed by atoms with Crippen LogP contribution in [0.2, 0.25) is 0 Å². The van der Waals surface area contributed by atoms with Crippen LogP contribution in [0.25, 0.3) is 5.69 Å². The van der Waals surface area contributed by atoms with Gasteiger partial charge in [-0.2, -0.15) is 5.10 Å². The summed E-state index contributed by atoms with van der Waals surface area (Å²) in [5.41, 5.74) is 0.808. The molecule has 2 aromatic heterocycles. The van der Waals surface area contributed by atoms with Gasteiger partial charge < -0.3 is 4.74 Å². The minimum atomic E-state index is -3.02. The van der Waals surface area contributed by atoms with Gasteiger partial charge in [-0.05, 0) is 30.7 Å². The molecule has 1 atom stereocenters. The molecule has 1 fully saturated rings. The van der Waals surface area contributed by atoms with Gasteiger partial charge in [-0.25, -0.2) is 27.7 Å². The Balaban J connectivity index is 1.73. The van der Waals surface area contributed by atoms with Crippen molar-refractivity contribution in [2.75, 3.05) is 18.6 Å². The lowest BCUT2D eigenvalue weighted by Gasteiger charge is -2.10. The summed E-state index contributed by atoms with van der Waals surface area (Å²) in [7, 11) is -1.42. The van der Waals surface area contributed by atoms with E-state index in [1.54, 1.807) is 22.8 Å². The standard InChI is InChI=1S/C16H18N6O3S/c1-25-14-4-2-13(3-5-14)22-16(12-6-7-26(23,24)9-12)19-15(20-22)8-21-11-17-10-18-21/h2-5,10-12H,6-9H2,1H3. The number of aromatic nitrogens is 6. The van der Waals surface area contributed by atoms with Crippen LogP contribution in [0.3, 0.4) is 0 Å². The number of ether oxygens (including phenoxy) is 1. The molecule has 0 radical (unpaired) electrons. The largest absolute Gasteiger partial charge is 0.497 e. The quantitative estimate of drug-likeness (QED) is 0.651. The first-order chi connectivity index (χ1) is 12.5. The van der Waals surface area contributed by atoms with Crippen LogP contribution in [0.5, 0.6) is 5.75 Å². The van der Waals surface area contributed by atoms with E-state index in [9.17, 15) is 8.42 Å². The van der Waals surface area contributed by atoms with Gasteiger partial charge in [0.25, 0.3) is 0 Å². The van der Waals surface area contributed by atoms with Crippen molar-refractivity contribution in [3.8, 4) is 11.4 Å². The zero-order valence-corrected chi connectivity index (χ0v) is 15.0. The SMILES string of the molecule is COc1ccc(-n2nc(Cn3cncn3)nc2C2CCS(=O)(=O)C2)cc1. The van der Waals surface area contributed by atoms with E-state index in [0.29, 0.717) is 24.6 Å². The molecular formula is C16H18N6O3S. The Hall–Kier alpha value is -2.75. The lowest BCUT2D eigenvalue weighted by molar-refractivity contribution is 0.414. The van der Waals surface area contributed by atoms with Crippen LogP contribution in [0, 0.1) is 0 Å². The van der Waals surface area contributed by atoms with E-state index in [-0.39, 0.29) is 17.4 Å². The number of hydrogen-bond acceptors (Lipinski definition) is 7. The third kappa shape index (κ3) is 3.32. The summed E-state index contributed by atoms with van der Waals surface area (Å²) in [6.07, 6.45) is 3.60. The van der Waals surface area contributed by atoms with Gasteiger partial charge in [0.2, 0.25) is 0 Å². The van der Waals surface area contributed by atoms with Gasteiger partial charge in [0, 0.05) is 5.92 Å². The highest BCUT2D eigenvalue weighted by atomic mass is 32.2. The maximum Gasteiger partial charge on any atom is 0.172 e. The Bertz CT molecular complexity index is 995. The Morgan fingerprint density at radius 3 is 2.69 bits per heavy atom. The fourth-order valence-electron chi connectivity index (χ4n) is 3.07. The summed E-state index contributed by atoms with van der Waals surface area (Å²) in [5.74, 6) is 2.08. The van der Waals surface area contributed by atoms with E-state index in [1.807, 2.05) is 24.3 Å². The minimum Gasteiger partial charge on any atom is -0.497 e.